The quantitative estimate of drug-likeness (QED) is 0.186. The molecule has 10 heteroatoms. The average molecular weight is 673 g/mol. The Kier molecular flexibility index (Phi) is 8.64. The molecule has 0 saturated carbocycles. The number of aryl methyl sites for hydroxylation is 2. The zero-order chi connectivity index (χ0) is 33.0. The average Bonchev–Trinajstić information content (AvgIpc) is 3.79. The first kappa shape index (κ1) is 32.2. The van der Waals surface area contributed by atoms with Crippen molar-refractivity contribution >= 4 is 50.0 Å². The standard InChI is InChI=1S/C37H41ClN4O4S/c1-21-18-28-34(31(22-6-9-25(38)10-7-22)30(21)33(36(43)44)46-37(2,3)4)47-35(39-28)24-8-11-29-27(19-24)32(40-41(29)5)23-12-15-42(16-13-23)26-14-17-45-20-26/h6-11,18-19,23,26,33H,12-17,20H2,1-5H3,(H,43,44)/t26-,33?/m0/s1. The molecule has 2 aliphatic heterocycles. The maximum Gasteiger partial charge on any atom is 0.337 e. The van der Waals surface area contributed by atoms with Crippen molar-refractivity contribution in [1.82, 2.24) is 19.7 Å². The third kappa shape index (κ3) is 6.32. The third-order valence-electron chi connectivity index (χ3n) is 9.48. The van der Waals surface area contributed by atoms with Gasteiger partial charge in [0.25, 0.3) is 0 Å². The summed E-state index contributed by atoms with van der Waals surface area (Å²) in [6, 6.07) is 16.6. The van der Waals surface area contributed by atoms with Crippen molar-refractivity contribution < 1.29 is 19.4 Å². The van der Waals surface area contributed by atoms with Gasteiger partial charge < -0.3 is 14.6 Å². The molecule has 5 aromatic rings. The largest absolute Gasteiger partial charge is 0.479 e. The number of aliphatic carboxylic acids is 1. The van der Waals surface area contributed by atoms with Crippen LogP contribution < -0.4 is 0 Å². The number of thiazole rings is 1. The Morgan fingerprint density at radius 2 is 1.81 bits per heavy atom. The molecule has 2 atom stereocenters. The maximum absolute atomic E-state index is 12.7. The molecule has 1 N–H and O–H groups in total. The second-order valence-corrected chi connectivity index (χ2v) is 15.3. The number of aromatic nitrogens is 3. The van der Waals surface area contributed by atoms with Gasteiger partial charge in [-0.2, -0.15) is 5.10 Å². The van der Waals surface area contributed by atoms with Gasteiger partial charge in [-0.05, 0) is 108 Å². The van der Waals surface area contributed by atoms with Crippen LogP contribution in [0.3, 0.4) is 0 Å². The highest BCUT2D eigenvalue weighted by molar-refractivity contribution is 7.22. The first-order valence-electron chi connectivity index (χ1n) is 16.4. The van der Waals surface area contributed by atoms with Crippen molar-refractivity contribution in [3.05, 3.63) is 70.4 Å². The first-order chi connectivity index (χ1) is 22.5. The summed E-state index contributed by atoms with van der Waals surface area (Å²) in [6.45, 7) is 11.4. The molecule has 0 radical (unpaired) electrons. The normalized spacial score (nSPS) is 18.8. The second-order valence-electron chi connectivity index (χ2n) is 13.9. The van der Waals surface area contributed by atoms with Crippen molar-refractivity contribution in [2.24, 2.45) is 7.05 Å². The van der Waals surface area contributed by atoms with Gasteiger partial charge in [0.2, 0.25) is 0 Å². The zero-order valence-corrected chi connectivity index (χ0v) is 29.1. The van der Waals surface area contributed by atoms with Gasteiger partial charge in [0, 0.05) is 52.7 Å². The number of piperidine rings is 1. The molecule has 47 heavy (non-hydrogen) atoms. The molecular formula is C37H41ClN4O4S. The summed E-state index contributed by atoms with van der Waals surface area (Å²) >= 11 is 7.86. The number of carbonyl (C=O) groups is 1. The number of ether oxygens (including phenoxy) is 2. The van der Waals surface area contributed by atoms with Crippen LogP contribution in [0.2, 0.25) is 5.02 Å². The Morgan fingerprint density at radius 3 is 2.47 bits per heavy atom. The number of fused-ring (bicyclic) bond motifs is 2. The van der Waals surface area contributed by atoms with Gasteiger partial charge >= 0.3 is 5.97 Å². The molecule has 0 bridgehead atoms. The van der Waals surface area contributed by atoms with Crippen LogP contribution in [0.5, 0.6) is 0 Å². The summed E-state index contributed by atoms with van der Waals surface area (Å²) in [7, 11) is 2.02. The van der Waals surface area contributed by atoms with Crippen LogP contribution in [0.1, 0.15) is 68.9 Å². The molecule has 2 saturated heterocycles. The van der Waals surface area contributed by atoms with Gasteiger partial charge in [-0.15, -0.1) is 11.3 Å². The summed E-state index contributed by atoms with van der Waals surface area (Å²) in [4.78, 5) is 20.5. The van der Waals surface area contributed by atoms with Crippen LogP contribution in [0.15, 0.2) is 48.5 Å². The van der Waals surface area contributed by atoms with Crippen molar-refractivity contribution in [2.75, 3.05) is 26.3 Å². The van der Waals surface area contributed by atoms with Crippen molar-refractivity contribution in [1.29, 1.82) is 0 Å². The lowest BCUT2D eigenvalue weighted by Crippen LogP contribution is -2.41. The van der Waals surface area contributed by atoms with E-state index >= 15 is 0 Å². The smallest absolute Gasteiger partial charge is 0.337 e. The highest BCUT2D eigenvalue weighted by Crippen LogP contribution is 2.45. The zero-order valence-electron chi connectivity index (χ0n) is 27.5. The monoisotopic (exact) mass is 672 g/mol. The summed E-state index contributed by atoms with van der Waals surface area (Å²) in [6.07, 6.45) is 2.14. The number of nitrogens with zero attached hydrogens (tertiary/aromatic N) is 4. The Labute approximate surface area is 284 Å². The van der Waals surface area contributed by atoms with E-state index < -0.39 is 17.7 Å². The molecule has 0 aliphatic carbocycles. The van der Waals surface area contributed by atoms with Gasteiger partial charge in [-0.1, -0.05) is 23.7 Å². The number of rotatable bonds is 7. The fourth-order valence-electron chi connectivity index (χ4n) is 7.24. The minimum absolute atomic E-state index is 0.403. The van der Waals surface area contributed by atoms with Crippen LogP contribution in [0, 0.1) is 6.92 Å². The summed E-state index contributed by atoms with van der Waals surface area (Å²) < 4.78 is 14.8. The van der Waals surface area contributed by atoms with E-state index in [0.29, 0.717) is 22.5 Å². The fourth-order valence-corrected chi connectivity index (χ4v) is 8.48. The van der Waals surface area contributed by atoms with Gasteiger partial charge in [-0.25, -0.2) is 9.78 Å². The SMILES string of the molecule is Cc1cc2nc(-c3ccc4c(c3)c(C3CCN([C@H]5CCOC5)CC3)nn4C)sc2c(-c2ccc(Cl)cc2)c1C(OC(C)(C)C)C(=O)O. The first-order valence-corrected chi connectivity index (χ1v) is 17.6. The summed E-state index contributed by atoms with van der Waals surface area (Å²) in [5.74, 6) is -0.625. The van der Waals surface area contributed by atoms with Crippen LogP contribution in [0.4, 0.5) is 0 Å². The van der Waals surface area contributed by atoms with Crippen LogP contribution >= 0.6 is 22.9 Å². The molecule has 1 unspecified atom stereocenters. The summed E-state index contributed by atoms with van der Waals surface area (Å²) in [5.41, 5.74) is 6.60. The molecule has 2 aromatic heterocycles. The lowest BCUT2D eigenvalue weighted by molar-refractivity contribution is -0.160. The molecule has 0 spiro atoms. The Balaban J connectivity index is 1.31. The lowest BCUT2D eigenvalue weighted by atomic mass is 9.90. The number of likely N-dealkylation sites (tertiary alicyclic amines) is 1. The van der Waals surface area contributed by atoms with Crippen LogP contribution in [0.25, 0.3) is 42.8 Å². The molecule has 8 nitrogen and oxygen atoms in total. The van der Waals surface area contributed by atoms with E-state index in [4.69, 9.17) is 31.2 Å². The van der Waals surface area contributed by atoms with Gasteiger partial charge in [0.1, 0.15) is 5.01 Å². The second kappa shape index (κ2) is 12.6. The third-order valence-corrected chi connectivity index (χ3v) is 10.9. The Hall–Kier alpha value is -3.34. The molecule has 0 amide bonds. The van der Waals surface area contributed by atoms with E-state index in [1.165, 1.54) is 5.39 Å². The molecule has 4 heterocycles. The Bertz CT molecular complexity index is 1950. The highest BCUT2D eigenvalue weighted by Gasteiger charge is 2.33. The minimum Gasteiger partial charge on any atom is -0.479 e. The number of carboxylic acid groups (broad SMARTS) is 1. The Morgan fingerprint density at radius 1 is 1.09 bits per heavy atom. The molecule has 246 valence electrons. The van der Waals surface area contributed by atoms with E-state index in [2.05, 4.69) is 23.1 Å². The predicted molar refractivity (Wildman–Crippen MR) is 188 cm³/mol. The van der Waals surface area contributed by atoms with E-state index in [1.54, 1.807) is 11.3 Å². The van der Waals surface area contributed by atoms with E-state index in [9.17, 15) is 9.90 Å². The van der Waals surface area contributed by atoms with Gasteiger partial charge in [-0.3, -0.25) is 9.58 Å². The van der Waals surface area contributed by atoms with E-state index in [0.717, 1.165) is 94.3 Å². The topological polar surface area (TPSA) is 89.7 Å². The van der Waals surface area contributed by atoms with Crippen molar-refractivity contribution in [3.8, 4) is 21.7 Å². The van der Waals surface area contributed by atoms with Gasteiger partial charge in [0.15, 0.2) is 6.10 Å². The van der Waals surface area contributed by atoms with Crippen LogP contribution in [-0.4, -0.2) is 68.7 Å². The van der Waals surface area contributed by atoms with E-state index in [-0.39, 0.29) is 0 Å². The van der Waals surface area contributed by atoms with Gasteiger partial charge in [0.05, 0.1) is 33.6 Å². The van der Waals surface area contributed by atoms with E-state index in [1.807, 2.05) is 69.8 Å². The number of benzene rings is 3. The molecule has 2 fully saturated rings. The fraction of sp³-hybridized carbons (Fsp3) is 0.432. The number of carboxylic acids is 1. The lowest BCUT2D eigenvalue weighted by Gasteiger charge is -2.34. The van der Waals surface area contributed by atoms with Crippen LogP contribution in [-0.2, 0) is 21.3 Å². The molecule has 2 aliphatic rings. The summed E-state index contributed by atoms with van der Waals surface area (Å²) in [5, 5.41) is 18.1. The van der Waals surface area contributed by atoms with Crippen molar-refractivity contribution in [2.45, 2.75) is 70.6 Å². The number of hydrogen-bond acceptors (Lipinski definition) is 7. The van der Waals surface area contributed by atoms with Crippen molar-refractivity contribution in [3.63, 3.8) is 0 Å². The predicted octanol–water partition coefficient (Wildman–Crippen LogP) is 8.39. The number of halogens is 1. The molecular weight excluding hydrogens is 632 g/mol. The maximum atomic E-state index is 12.7. The highest BCUT2D eigenvalue weighted by atomic mass is 35.5. The molecule has 3 aromatic carbocycles. The molecule has 7 rings (SSSR count). The number of hydrogen-bond donors (Lipinski definition) is 1. The minimum atomic E-state index is -1.16.